The lowest BCUT2D eigenvalue weighted by Gasteiger charge is -2.37. The molecule has 4 rings (SSSR count). The topological polar surface area (TPSA) is 71.5 Å². The SMILES string of the molecule is C[C@@H]1CN(Cc2ccccc2F)CC[C@@H]1Oc1ccc(S(=O)(=O)Nc2nccs2)cc1Cl. The summed E-state index contributed by atoms with van der Waals surface area (Å²) in [5.41, 5.74) is 0.685. The second-order valence-corrected chi connectivity index (χ2v) is 10.8. The number of rotatable bonds is 7. The Balaban J connectivity index is 1.38. The second kappa shape index (κ2) is 9.74. The van der Waals surface area contributed by atoms with Crippen LogP contribution >= 0.6 is 22.9 Å². The summed E-state index contributed by atoms with van der Waals surface area (Å²) in [5, 5.41) is 2.20. The average Bonchev–Trinajstić information content (AvgIpc) is 3.25. The van der Waals surface area contributed by atoms with Crippen LogP contribution in [-0.4, -0.2) is 37.5 Å². The molecule has 0 saturated carbocycles. The van der Waals surface area contributed by atoms with Crippen molar-refractivity contribution in [2.75, 3.05) is 17.8 Å². The summed E-state index contributed by atoms with van der Waals surface area (Å²) in [7, 11) is -3.79. The van der Waals surface area contributed by atoms with E-state index in [1.165, 1.54) is 35.7 Å². The number of piperidine rings is 1. The highest BCUT2D eigenvalue weighted by atomic mass is 35.5. The summed E-state index contributed by atoms with van der Waals surface area (Å²) in [4.78, 5) is 6.19. The van der Waals surface area contributed by atoms with E-state index < -0.39 is 10.0 Å². The quantitative estimate of drug-likeness (QED) is 0.498. The second-order valence-electron chi connectivity index (χ2n) is 7.78. The number of hydrogen-bond acceptors (Lipinski definition) is 6. The van der Waals surface area contributed by atoms with Gasteiger partial charge in [-0.25, -0.2) is 17.8 Å². The first-order valence-corrected chi connectivity index (χ1v) is 12.9. The van der Waals surface area contributed by atoms with Gasteiger partial charge in [-0.05, 0) is 30.7 Å². The molecule has 1 aliphatic heterocycles. The maximum atomic E-state index is 14.0. The Kier molecular flexibility index (Phi) is 6.99. The van der Waals surface area contributed by atoms with E-state index in [0.29, 0.717) is 17.9 Å². The molecule has 1 N–H and O–H groups in total. The van der Waals surface area contributed by atoms with E-state index >= 15 is 0 Å². The van der Waals surface area contributed by atoms with Crippen LogP contribution in [0.1, 0.15) is 18.9 Å². The Morgan fingerprint density at radius 3 is 2.81 bits per heavy atom. The van der Waals surface area contributed by atoms with Gasteiger partial charge in [0.05, 0.1) is 9.92 Å². The van der Waals surface area contributed by atoms with Crippen molar-refractivity contribution in [2.45, 2.75) is 30.9 Å². The number of likely N-dealkylation sites (tertiary alicyclic amines) is 1. The molecule has 32 heavy (non-hydrogen) atoms. The van der Waals surface area contributed by atoms with Crippen molar-refractivity contribution in [2.24, 2.45) is 5.92 Å². The summed E-state index contributed by atoms with van der Waals surface area (Å²) >= 11 is 7.55. The van der Waals surface area contributed by atoms with Crippen LogP contribution in [0.2, 0.25) is 5.02 Å². The zero-order valence-electron chi connectivity index (χ0n) is 17.4. The molecule has 0 bridgehead atoms. The Hall–Kier alpha value is -2.20. The van der Waals surface area contributed by atoms with Gasteiger partial charge in [0, 0.05) is 42.7 Å². The van der Waals surface area contributed by atoms with Crippen LogP contribution in [-0.2, 0) is 16.6 Å². The van der Waals surface area contributed by atoms with Gasteiger partial charge in [0.2, 0.25) is 0 Å². The molecule has 2 atom stereocenters. The van der Waals surface area contributed by atoms with E-state index in [1.54, 1.807) is 23.6 Å². The fourth-order valence-corrected chi connectivity index (χ4v) is 5.86. The fraction of sp³-hybridized carbons (Fsp3) is 0.318. The van der Waals surface area contributed by atoms with Crippen molar-refractivity contribution >= 4 is 38.1 Å². The number of aromatic nitrogens is 1. The third-order valence-electron chi connectivity index (χ3n) is 5.41. The molecule has 1 saturated heterocycles. The van der Waals surface area contributed by atoms with E-state index in [2.05, 4.69) is 21.5 Å². The molecule has 0 unspecified atom stereocenters. The van der Waals surface area contributed by atoms with Crippen LogP contribution in [0.5, 0.6) is 5.75 Å². The van der Waals surface area contributed by atoms with Crippen LogP contribution in [0, 0.1) is 11.7 Å². The first-order valence-electron chi connectivity index (χ1n) is 10.2. The molecule has 1 fully saturated rings. The minimum absolute atomic E-state index is 0.0396. The molecule has 2 heterocycles. The molecule has 170 valence electrons. The van der Waals surface area contributed by atoms with Crippen LogP contribution in [0.4, 0.5) is 9.52 Å². The van der Waals surface area contributed by atoms with Crippen molar-refractivity contribution in [3.05, 3.63) is 70.4 Å². The van der Waals surface area contributed by atoms with Gasteiger partial charge in [-0.3, -0.25) is 9.62 Å². The minimum atomic E-state index is -3.79. The third-order valence-corrected chi connectivity index (χ3v) is 7.86. The largest absolute Gasteiger partial charge is 0.488 e. The van der Waals surface area contributed by atoms with E-state index in [9.17, 15) is 12.8 Å². The van der Waals surface area contributed by atoms with Crippen molar-refractivity contribution in [1.82, 2.24) is 9.88 Å². The third kappa shape index (κ3) is 5.40. The molecule has 2 aromatic carbocycles. The van der Waals surface area contributed by atoms with Crippen molar-refractivity contribution in [3.63, 3.8) is 0 Å². The number of nitrogens with one attached hydrogen (secondary N) is 1. The number of halogens is 2. The molecule has 10 heteroatoms. The fourth-order valence-electron chi connectivity index (χ4n) is 3.75. The van der Waals surface area contributed by atoms with Gasteiger partial charge in [-0.2, -0.15) is 0 Å². The lowest BCUT2D eigenvalue weighted by molar-refractivity contribution is 0.0486. The molecular formula is C22H23ClFN3O3S2. The smallest absolute Gasteiger partial charge is 0.263 e. The maximum absolute atomic E-state index is 14.0. The standard InChI is InChI=1S/C22H23ClFN3O3S2/c1-15-13-27(14-16-4-2-3-5-19(16)24)10-8-20(15)30-21-7-6-17(12-18(21)23)32(28,29)26-22-25-9-11-31-22/h2-7,9,11-12,15,20H,8,10,13-14H2,1H3,(H,25,26)/t15-,20+/m1/s1. The highest BCUT2D eigenvalue weighted by molar-refractivity contribution is 7.93. The number of anilines is 1. The molecule has 3 aromatic rings. The molecule has 0 radical (unpaired) electrons. The molecule has 1 aromatic heterocycles. The van der Waals surface area contributed by atoms with Gasteiger partial charge in [0.15, 0.2) is 5.13 Å². The van der Waals surface area contributed by atoms with Crippen LogP contribution < -0.4 is 9.46 Å². The van der Waals surface area contributed by atoms with Gasteiger partial charge in [0.1, 0.15) is 17.7 Å². The number of hydrogen-bond donors (Lipinski definition) is 1. The predicted octanol–water partition coefficient (Wildman–Crippen LogP) is 5.03. The van der Waals surface area contributed by atoms with Gasteiger partial charge < -0.3 is 4.74 Å². The highest BCUT2D eigenvalue weighted by Crippen LogP contribution is 2.32. The lowest BCUT2D eigenvalue weighted by atomic mass is 9.96. The Labute approximate surface area is 196 Å². The molecule has 0 amide bonds. The predicted molar refractivity (Wildman–Crippen MR) is 124 cm³/mol. The van der Waals surface area contributed by atoms with Crippen LogP contribution in [0.3, 0.4) is 0 Å². The first-order chi connectivity index (χ1) is 15.3. The summed E-state index contributed by atoms with van der Waals surface area (Å²) in [5.74, 6) is 0.450. The number of nitrogens with zero attached hydrogens (tertiary/aromatic N) is 2. The highest BCUT2D eigenvalue weighted by Gasteiger charge is 2.29. The summed E-state index contributed by atoms with van der Waals surface area (Å²) in [6.07, 6.45) is 2.22. The van der Waals surface area contributed by atoms with Crippen molar-refractivity contribution in [3.8, 4) is 5.75 Å². The normalized spacial score (nSPS) is 19.6. The zero-order chi connectivity index (χ0) is 22.7. The Morgan fingerprint density at radius 1 is 1.31 bits per heavy atom. The van der Waals surface area contributed by atoms with E-state index in [-0.39, 0.29) is 32.9 Å². The van der Waals surface area contributed by atoms with Crippen LogP contribution in [0.15, 0.2) is 58.9 Å². The molecule has 6 nitrogen and oxygen atoms in total. The van der Waals surface area contributed by atoms with Gasteiger partial charge in [0.25, 0.3) is 10.0 Å². The Morgan fingerprint density at radius 2 is 2.12 bits per heavy atom. The average molecular weight is 496 g/mol. The van der Waals surface area contributed by atoms with E-state index in [1.807, 2.05) is 6.07 Å². The lowest BCUT2D eigenvalue weighted by Crippen LogP contribution is -2.44. The molecular weight excluding hydrogens is 473 g/mol. The monoisotopic (exact) mass is 495 g/mol. The molecule has 0 aliphatic carbocycles. The molecule has 0 spiro atoms. The van der Waals surface area contributed by atoms with Crippen LogP contribution in [0.25, 0.3) is 0 Å². The summed E-state index contributed by atoms with van der Waals surface area (Å²) in [6, 6.07) is 11.2. The van der Waals surface area contributed by atoms with Gasteiger partial charge in [-0.1, -0.05) is 36.7 Å². The number of ether oxygens (including phenoxy) is 1. The molecule has 1 aliphatic rings. The number of thiazole rings is 1. The minimum Gasteiger partial charge on any atom is -0.488 e. The summed E-state index contributed by atoms with van der Waals surface area (Å²) in [6.45, 7) is 4.18. The number of sulfonamides is 1. The summed E-state index contributed by atoms with van der Waals surface area (Å²) < 4.78 is 47.6. The van der Waals surface area contributed by atoms with Crippen molar-refractivity contribution in [1.29, 1.82) is 0 Å². The van der Waals surface area contributed by atoms with Gasteiger partial charge >= 0.3 is 0 Å². The first kappa shape index (κ1) is 23.0. The maximum Gasteiger partial charge on any atom is 0.263 e. The van der Waals surface area contributed by atoms with E-state index in [4.69, 9.17) is 16.3 Å². The van der Waals surface area contributed by atoms with Crippen molar-refractivity contribution < 1.29 is 17.5 Å². The Bertz CT molecular complexity index is 1170. The van der Waals surface area contributed by atoms with Gasteiger partial charge in [-0.15, -0.1) is 11.3 Å². The zero-order valence-corrected chi connectivity index (χ0v) is 19.8. The van der Waals surface area contributed by atoms with E-state index in [0.717, 1.165) is 19.5 Å². The number of benzene rings is 2.